The van der Waals surface area contributed by atoms with E-state index >= 15 is 0 Å². The van der Waals surface area contributed by atoms with Gasteiger partial charge in [-0.1, -0.05) is 17.3 Å². The summed E-state index contributed by atoms with van der Waals surface area (Å²) >= 11 is 0. The van der Waals surface area contributed by atoms with Gasteiger partial charge >= 0.3 is 5.97 Å². The summed E-state index contributed by atoms with van der Waals surface area (Å²) in [4.78, 5) is 37.7. The SMILES string of the molecule is COC(=O)c1cc(OC)c(OC)cc1NC(=O)[C@H](C)n1nnc2ccccc2c1=O. The van der Waals surface area contributed by atoms with Gasteiger partial charge in [0.05, 0.1) is 38.0 Å². The van der Waals surface area contributed by atoms with Crippen molar-refractivity contribution < 1.29 is 23.8 Å². The van der Waals surface area contributed by atoms with Gasteiger partial charge in [0.2, 0.25) is 5.91 Å². The number of ether oxygens (including phenoxy) is 3. The van der Waals surface area contributed by atoms with E-state index < -0.39 is 23.5 Å². The monoisotopic (exact) mass is 412 g/mol. The molecule has 30 heavy (non-hydrogen) atoms. The number of methoxy groups -OCH3 is 3. The first-order valence-electron chi connectivity index (χ1n) is 8.90. The molecule has 156 valence electrons. The Bertz CT molecular complexity index is 1170. The highest BCUT2D eigenvalue weighted by Crippen LogP contribution is 2.34. The summed E-state index contributed by atoms with van der Waals surface area (Å²) in [7, 11) is 4.07. The average molecular weight is 412 g/mol. The molecule has 0 fully saturated rings. The van der Waals surface area contributed by atoms with E-state index in [-0.39, 0.29) is 11.3 Å². The molecular formula is C20H20N4O6. The number of amides is 1. The standard InChI is InChI=1S/C20H20N4O6/c1-11(24-19(26)12-7-5-6-8-14(12)22-23-24)18(25)21-15-10-17(29-3)16(28-2)9-13(15)20(27)30-4/h5-11H,1-4H3,(H,21,25)/t11-/m0/s1. The van der Waals surface area contributed by atoms with Crippen LogP contribution in [0.25, 0.3) is 10.9 Å². The van der Waals surface area contributed by atoms with E-state index in [2.05, 4.69) is 15.6 Å². The van der Waals surface area contributed by atoms with E-state index in [9.17, 15) is 14.4 Å². The molecule has 1 heterocycles. The van der Waals surface area contributed by atoms with Crippen LogP contribution in [-0.2, 0) is 9.53 Å². The maximum Gasteiger partial charge on any atom is 0.340 e. The van der Waals surface area contributed by atoms with Crippen molar-refractivity contribution in [3.05, 3.63) is 52.3 Å². The van der Waals surface area contributed by atoms with Crippen LogP contribution < -0.4 is 20.3 Å². The molecule has 0 unspecified atom stereocenters. The Morgan fingerprint density at radius 2 is 1.73 bits per heavy atom. The quantitative estimate of drug-likeness (QED) is 0.608. The van der Waals surface area contributed by atoms with Crippen molar-refractivity contribution in [3.63, 3.8) is 0 Å². The van der Waals surface area contributed by atoms with Crippen LogP contribution in [0.5, 0.6) is 11.5 Å². The second-order valence-electron chi connectivity index (χ2n) is 6.27. The lowest BCUT2D eigenvalue weighted by Crippen LogP contribution is -2.34. The number of hydrogen-bond acceptors (Lipinski definition) is 8. The molecule has 1 atom stereocenters. The number of rotatable bonds is 6. The minimum absolute atomic E-state index is 0.0626. The molecule has 10 heteroatoms. The predicted octanol–water partition coefficient (Wildman–Crippen LogP) is 1.79. The average Bonchev–Trinajstić information content (AvgIpc) is 2.78. The smallest absolute Gasteiger partial charge is 0.340 e. The van der Waals surface area contributed by atoms with Crippen molar-refractivity contribution in [1.82, 2.24) is 15.0 Å². The molecule has 2 aromatic carbocycles. The number of fused-ring (bicyclic) bond motifs is 1. The highest BCUT2D eigenvalue weighted by atomic mass is 16.5. The number of nitrogens with zero attached hydrogens (tertiary/aromatic N) is 3. The summed E-state index contributed by atoms with van der Waals surface area (Å²) < 4.78 is 16.2. The maximum absolute atomic E-state index is 12.9. The van der Waals surface area contributed by atoms with Crippen LogP contribution in [0.15, 0.2) is 41.2 Å². The summed E-state index contributed by atoms with van der Waals surface area (Å²) in [6, 6.07) is 8.53. The molecule has 0 saturated carbocycles. The van der Waals surface area contributed by atoms with Crippen molar-refractivity contribution in [2.24, 2.45) is 0 Å². The number of hydrogen-bond donors (Lipinski definition) is 1. The summed E-state index contributed by atoms with van der Waals surface area (Å²) in [5, 5.41) is 10.8. The first-order chi connectivity index (χ1) is 14.4. The minimum atomic E-state index is -1.01. The Labute approximate surface area is 171 Å². The zero-order valence-corrected chi connectivity index (χ0v) is 16.8. The lowest BCUT2D eigenvalue weighted by atomic mass is 10.1. The third-order valence-corrected chi connectivity index (χ3v) is 4.52. The number of aromatic nitrogens is 3. The molecule has 1 amide bonds. The lowest BCUT2D eigenvalue weighted by Gasteiger charge is -2.17. The van der Waals surface area contributed by atoms with Gasteiger partial charge in [0.25, 0.3) is 5.56 Å². The topological polar surface area (TPSA) is 122 Å². The van der Waals surface area contributed by atoms with Gasteiger partial charge in [-0.15, -0.1) is 5.10 Å². The Balaban J connectivity index is 1.98. The van der Waals surface area contributed by atoms with Gasteiger partial charge in [-0.05, 0) is 19.1 Å². The van der Waals surface area contributed by atoms with E-state index in [1.165, 1.54) is 40.4 Å². The van der Waals surface area contributed by atoms with E-state index in [1.54, 1.807) is 24.3 Å². The Kier molecular flexibility index (Phi) is 5.95. The largest absolute Gasteiger partial charge is 0.493 e. The normalized spacial score (nSPS) is 11.6. The van der Waals surface area contributed by atoms with Crippen LogP contribution in [-0.4, -0.2) is 48.2 Å². The maximum atomic E-state index is 12.9. The predicted molar refractivity (Wildman–Crippen MR) is 108 cm³/mol. The molecule has 3 aromatic rings. The zero-order chi connectivity index (χ0) is 21.8. The first kappa shape index (κ1) is 20.8. The van der Waals surface area contributed by atoms with Crippen LogP contribution in [0.2, 0.25) is 0 Å². The Morgan fingerprint density at radius 1 is 1.07 bits per heavy atom. The molecule has 0 spiro atoms. The molecule has 10 nitrogen and oxygen atoms in total. The molecule has 0 aliphatic heterocycles. The summed E-state index contributed by atoms with van der Waals surface area (Å²) in [5.74, 6) is -0.669. The van der Waals surface area contributed by atoms with Crippen LogP contribution in [0.3, 0.4) is 0 Å². The number of carbonyl (C=O) groups is 2. The van der Waals surface area contributed by atoms with Crippen molar-refractivity contribution in [2.75, 3.05) is 26.6 Å². The number of esters is 1. The van der Waals surface area contributed by atoms with Gasteiger partial charge in [0.1, 0.15) is 11.6 Å². The van der Waals surface area contributed by atoms with Crippen molar-refractivity contribution >= 4 is 28.5 Å². The van der Waals surface area contributed by atoms with Gasteiger partial charge in [0, 0.05) is 12.1 Å². The van der Waals surface area contributed by atoms with Crippen molar-refractivity contribution in [2.45, 2.75) is 13.0 Å². The second kappa shape index (κ2) is 8.60. The molecule has 3 rings (SSSR count). The van der Waals surface area contributed by atoms with E-state index in [0.717, 1.165) is 4.68 Å². The van der Waals surface area contributed by atoms with Gasteiger partial charge in [0.15, 0.2) is 11.5 Å². The van der Waals surface area contributed by atoms with E-state index in [0.29, 0.717) is 22.4 Å². The first-order valence-corrected chi connectivity index (χ1v) is 8.90. The van der Waals surface area contributed by atoms with Crippen LogP contribution in [0, 0.1) is 0 Å². The number of carbonyl (C=O) groups excluding carboxylic acids is 2. The number of anilines is 1. The Hall–Kier alpha value is -3.95. The molecular weight excluding hydrogens is 392 g/mol. The fourth-order valence-electron chi connectivity index (χ4n) is 2.86. The molecule has 0 bridgehead atoms. The second-order valence-corrected chi connectivity index (χ2v) is 6.27. The Morgan fingerprint density at radius 3 is 2.40 bits per heavy atom. The van der Waals surface area contributed by atoms with Crippen LogP contribution in [0.4, 0.5) is 5.69 Å². The third-order valence-electron chi connectivity index (χ3n) is 4.52. The van der Waals surface area contributed by atoms with Gasteiger partial charge in [-0.2, -0.15) is 4.68 Å². The number of nitrogens with one attached hydrogen (secondary N) is 1. The molecule has 1 N–H and O–H groups in total. The van der Waals surface area contributed by atoms with Gasteiger partial charge in [-0.25, -0.2) is 4.79 Å². The van der Waals surface area contributed by atoms with Crippen LogP contribution >= 0.6 is 0 Å². The lowest BCUT2D eigenvalue weighted by molar-refractivity contribution is -0.119. The fraction of sp³-hybridized carbons (Fsp3) is 0.250. The van der Waals surface area contributed by atoms with E-state index in [1.807, 2.05) is 0 Å². The minimum Gasteiger partial charge on any atom is -0.493 e. The van der Waals surface area contributed by atoms with Gasteiger partial charge < -0.3 is 19.5 Å². The highest BCUT2D eigenvalue weighted by molar-refractivity contribution is 6.03. The highest BCUT2D eigenvalue weighted by Gasteiger charge is 2.23. The molecule has 1 aromatic heterocycles. The molecule has 0 aliphatic rings. The van der Waals surface area contributed by atoms with Gasteiger partial charge in [-0.3, -0.25) is 9.59 Å². The summed E-state index contributed by atoms with van der Waals surface area (Å²) in [6.45, 7) is 1.50. The summed E-state index contributed by atoms with van der Waals surface area (Å²) in [5.41, 5.74) is 0.175. The molecule has 0 radical (unpaired) electrons. The molecule has 0 aliphatic carbocycles. The van der Waals surface area contributed by atoms with Crippen LogP contribution in [0.1, 0.15) is 23.3 Å². The molecule has 0 saturated heterocycles. The fourth-order valence-corrected chi connectivity index (χ4v) is 2.86. The van der Waals surface area contributed by atoms with Crippen molar-refractivity contribution in [1.29, 1.82) is 0 Å². The zero-order valence-electron chi connectivity index (χ0n) is 16.8. The van der Waals surface area contributed by atoms with Crippen molar-refractivity contribution in [3.8, 4) is 11.5 Å². The van der Waals surface area contributed by atoms with E-state index in [4.69, 9.17) is 14.2 Å². The third kappa shape index (κ3) is 3.79. The number of benzene rings is 2. The summed E-state index contributed by atoms with van der Waals surface area (Å²) in [6.07, 6.45) is 0.